The minimum absolute atomic E-state index is 0.0197. The van der Waals surface area contributed by atoms with E-state index in [9.17, 15) is 13.2 Å². The SMILES string of the molecule is Cn1cccc1C1CCCN1C(=O)CS(=O)(=O)C1CCCC1. The van der Waals surface area contributed by atoms with Crippen LogP contribution in [0.1, 0.15) is 50.3 Å². The summed E-state index contributed by atoms with van der Waals surface area (Å²) in [4.78, 5) is 14.3. The predicted octanol–water partition coefficient (Wildman–Crippen LogP) is 2.05. The second kappa shape index (κ2) is 6.07. The number of likely N-dealkylation sites (tertiary alicyclic amines) is 1. The summed E-state index contributed by atoms with van der Waals surface area (Å²) in [6.45, 7) is 0.662. The minimum Gasteiger partial charge on any atom is -0.353 e. The lowest BCUT2D eigenvalue weighted by Crippen LogP contribution is -2.38. The maximum absolute atomic E-state index is 12.6. The third-order valence-electron chi connectivity index (χ3n) is 5.03. The molecule has 1 saturated carbocycles. The topological polar surface area (TPSA) is 59.4 Å². The van der Waals surface area contributed by atoms with Gasteiger partial charge in [-0.25, -0.2) is 8.42 Å². The van der Waals surface area contributed by atoms with Crippen molar-refractivity contribution in [3.63, 3.8) is 0 Å². The van der Waals surface area contributed by atoms with Crippen molar-refractivity contribution in [3.05, 3.63) is 24.0 Å². The fourth-order valence-corrected chi connectivity index (χ4v) is 5.61. The first kappa shape index (κ1) is 15.6. The lowest BCUT2D eigenvalue weighted by Gasteiger charge is -2.26. The first-order chi connectivity index (χ1) is 10.5. The molecule has 1 aromatic rings. The third-order valence-corrected chi connectivity index (χ3v) is 7.17. The van der Waals surface area contributed by atoms with Crippen LogP contribution in [-0.2, 0) is 21.7 Å². The Balaban J connectivity index is 1.72. The van der Waals surface area contributed by atoms with Gasteiger partial charge < -0.3 is 9.47 Å². The minimum atomic E-state index is -3.30. The summed E-state index contributed by atoms with van der Waals surface area (Å²) in [5.74, 6) is -0.547. The predicted molar refractivity (Wildman–Crippen MR) is 85.1 cm³/mol. The Morgan fingerprint density at radius 2 is 1.95 bits per heavy atom. The zero-order valence-corrected chi connectivity index (χ0v) is 13.9. The number of amides is 1. The monoisotopic (exact) mass is 324 g/mol. The fraction of sp³-hybridized carbons (Fsp3) is 0.688. The van der Waals surface area contributed by atoms with Gasteiger partial charge in [-0.05, 0) is 37.8 Å². The molecule has 1 aromatic heterocycles. The van der Waals surface area contributed by atoms with Crippen LogP contribution in [0.4, 0.5) is 0 Å². The summed E-state index contributed by atoms with van der Waals surface area (Å²) in [6.07, 6.45) is 7.18. The van der Waals surface area contributed by atoms with Crippen LogP contribution in [0.2, 0.25) is 0 Å². The summed E-state index contributed by atoms with van der Waals surface area (Å²) in [5, 5.41) is -0.299. The molecule has 0 bridgehead atoms. The van der Waals surface area contributed by atoms with Gasteiger partial charge >= 0.3 is 0 Å². The van der Waals surface area contributed by atoms with Crippen molar-refractivity contribution in [1.29, 1.82) is 0 Å². The molecule has 1 unspecified atom stereocenters. The van der Waals surface area contributed by atoms with E-state index < -0.39 is 9.84 Å². The van der Waals surface area contributed by atoms with Crippen molar-refractivity contribution in [2.75, 3.05) is 12.3 Å². The number of hydrogen-bond acceptors (Lipinski definition) is 3. The molecular weight excluding hydrogens is 300 g/mol. The van der Waals surface area contributed by atoms with E-state index >= 15 is 0 Å². The van der Waals surface area contributed by atoms with Gasteiger partial charge in [0.25, 0.3) is 0 Å². The van der Waals surface area contributed by atoms with E-state index in [2.05, 4.69) is 0 Å². The highest BCUT2D eigenvalue weighted by Crippen LogP contribution is 2.33. The third kappa shape index (κ3) is 2.93. The first-order valence-corrected chi connectivity index (χ1v) is 9.83. The highest BCUT2D eigenvalue weighted by atomic mass is 32.2. The smallest absolute Gasteiger partial charge is 0.238 e. The van der Waals surface area contributed by atoms with Crippen LogP contribution in [0.5, 0.6) is 0 Å². The Kier molecular flexibility index (Phi) is 4.30. The summed E-state index contributed by atoms with van der Waals surface area (Å²) >= 11 is 0. The number of carbonyl (C=O) groups excluding carboxylic acids is 1. The van der Waals surface area contributed by atoms with Gasteiger partial charge in [-0.15, -0.1) is 0 Å². The molecule has 0 radical (unpaired) electrons. The molecule has 1 atom stereocenters. The number of nitrogens with zero attached hydrogens (tertiary/aromatic N) is 2. The second-order valence-corrected chi connectivity index (χ2v) is 8.78. The molecule has 22 heavy (non-hydrogen) atoms. The summed E-state index contributed by atoms with van der Waals surface area (Å²) in [5.41, 5.74) is 1.09. The van der Waals surface area contributed by atoms with Crippen LogP contribution in [-0.4, -0.2) is 41.3 Å². The van der Waals surface area contributed by atoms with E-state index in [1.165, 1.54) is 0 Å². The zero-order chi connectivity index (χ0) is 15.7. The first-order valence-electron chi connectivity index (χ1n) is 8.11. The molecule has 122 valence electrons. The molecular formula is C16H24N2O3S. The van der Waals surface area contributed by atoms with Crippen LogP contribution < -0.4 is 0 Å². The maximum Gasteiger partial charge on any atom is 0.238 e. The molecule has 5 nitrogen and oxygen atoms in total. The van der Waals surface area contributed by atoms with Crippen molar-refractivity contribution in [2.24, 2.45) is 7.05 Å². The van der Waals surface area contributed by atoms with Crippen molar-refractivity contribution in [3.8, 4) is 0 Å². The number of sulfone groups is 1. The van der Waals surface area contributed by atoms with E-state index in [4.69, 9.17) is 0 Å². The molecule has 0 N–H and O–H groups in total. The van der Waals surface area contributed by atoms with Gasteiger partial charge in [-0.1, -0.05) is 12.8 Å². The average Bonchev–Trinajstić information content (AvgIpc) is 3.19. The van der Waals surface area contributed by atoms with Crippen LogP contribution in [0.25, 0.3) is 0 Å². The second-order valence-electron chi connectivity index (χ2n) is 6.50. The zero-order valence-electron chi connectivity index (χ0n) is 13.1. The van der Waals surface area contributed by atoms with Crippen LogP contribution in [0, 0.1) is 0 Å². The number of aryl methyl sites for hydroxylation is 1. The quantitative estimate of drug-likeness (QED) is 0.851. The van der Waals surface area contributed by atoms with Gasteiger partial charge in [0.2, 0.25) is 5.91 Å². The van der Waals surface area contributed by atoms with Crippen LogP contribution >= 0.6 is 0 Å². The van der Waals surface area contributed by atoms with E-state index in [0.717, 1.165) is 44.2 Å². The molecule has 2 aliphatic rings. The largest absolute Gasteiger partial charge is 0.353 e. The number of carbonyl (C=O) groups is 1. The van der Waals surface area contributed by atoms with Gasteiger partial charge in [-0.3, -0.25) is 4.79 Å². The van der Waals surface area contributed by atoms with Gasteiger partial charge in [0.1, 0.15) is 5.75 Å². The highest BCUT2D eigenvalue weighted by molar-refractivity contribution is 7.92. The summed E-state index contributed by atoms with van der Waals surface area (Å²) in [6, 6.07) is 4.00. The Bertz CT molecular complexity index is 644. The Hall–Kier alpha value is -1.30. The number of rotatable bonds is 4. The summed E-state index contributed by atoms with van der Waals surface area (Å²) in [7, 11) is -1.33. The molecule has 0 aromatic carbocycles. The molecule has 6 heteroatoms. The number of aromatic nitrogens is 1. The fourth-order valence-electron chi connectivity index (χ4n) is 3.81. The van der Waals surface area contributed by atoms with Crippen molar-refractivity contribution >= 4 is 15.7 Å². The molecule has 0 spiro atoms. The van der Waals surface area contributed by atoms with Gasteiger partial charge in [-0.2, -0.15) is 0 Å². The Morgan fingerprint density at radius 3 is 2.59 bits per heavy atom. The Morgan fingerprint density at radius 1 is 1.23 bits per heavy atom. The van der Waals surface area contributed by atoms with E-state index in [0.29, 0.717) is 6.54 Å². The molecule has 1 amide bonds. The standard InChI is InChI=1S/C16H24N2O3S/c1-17-10-4-8-14(17)15-9-5-11-18(15)16(19)12-22(20,21)13-6-2-3-7-13/h4,8,10,13,15H,2-3,5-7,9,11-12H2,1H3. The van der Waals surface area contributed by atoms with E-state index in [1.54, 1.807) is 4.90 Å². The van der Waals surface area contributed by atoms with Gasteiger partial charge in [0.15, 0.2) is 9.84 Å². The Labute approximate surface area is 132 Å². The molecule has 1 aliphatic carbocycles. The van der Waals surface area contributed by atoms with Crippen LogP contribution in [0.15, 0.2) is 18.3 Å². The molecule has 1 aliphatic heterocycles. The normalized spacial score (nSPS) is 23.3. The van der Waals surface area contributed by atoms with Crippen LogP contribution in [0.3, 0.4) is 0 Å². The van der Waals surface area contributed by atoms with Crippen molar-refractivity contribution < 1.29 is 13.2 Å². The maximum atomic E-state index is 12.6. The lowest BCUT2D eigenvalue weighted by molar-refractivity contribution is -0.129. The number of hydrogen-bond donors (Lipinski definition) is 0. The molecule has 1 saturated heterocycles. The molecule has 2 heterocycles. The highest BCUT2D eigenvalue weighted by Gasteiger charge is 2.36. The summed E-state index contributed by atoms with van der Waals surface area (Å²) < 4.78 is 26.8. The molecule has 2 fully saturated rings. The van der Waals surface area contributed by atoms with E-state index in [1.807, 2.05) is 29.9 Å². The van der Waals surface area contributed by atoms with Crippen molar-refractivity contribution in [1.82, 2.24) is 9.47 Å². The van der Waals surface area contributed by atoms with Gasteiger partial charge in [0, 0.05) is 25.5 Å². The lowest BCUT2D eigenvalue weighted by atomic mass is 10.1. The average molecular weight is 324 g/mol. The van der Waals surface area contributed by atoms with Crippen molar-refractivity contribution in [2.45, 2.75) is 49.8 Å². The van der Waals surface area contributed by atoms with Gasteiger partial charge in [0.05, 0.1) is 11.3 Å². The van der Waals surface area contributed by atoms with E-state index in [-0.39, 0.29) is 23.0 Å². The molecule has 3 rings (SSSR count).